The van der Waals surface area contributed by atoms with Gasteiger partial charge in [-0.25, -0.2) is 0 Å². The van der Waals surface area contributed by atoms with Gasteiger partial charge in [0.25, 0.3) is 0 Å². The Morgan fingerprint density at radius 2 is 0.647 bits per heavy atom. The summed E-state index contributed by atoms with van der Waals surface area (Å²) in [5.74, 6) is 0. The first-order valence-electron chi connectivity index (χ1n) is 17.9. The van der Waals surface area contributed by atoms with E-state index in [1.807, 2.05) is 0 Å². The second-order valence-electron chi connectivity index (χ2n) is 14.1. The largest absolute Gasteiger partial charge is 0.356 e. The molecule has 1 spiro atoms. The molecule has 11 rings (SSSR count). The Balaban J connectivity index is 1.09. The molecule has 1 N–H and O–H groups in total. The summed E-state index contributed by atoms with van der Waals surface area (Å²) >= 11 is 0. The molecule has 0 aliphatic heterocycles. The van der Waals surface area contributed by atoms with Gasteiger partial charge in [0.05, 0.1) is 10.8 Å². The average Bonchev–Trinajstić information content (AvgIpc) is 3.79. The molecule has 1 heteroatoms. The summed E-state index contributed by atoms with van der Waals surface area (Å²) in [7, 11) is 0. The van der Waals surface area contributed by atoms with E-state index in [2.05, 4.69) is 199 Å². The van der Waals surface area contributed by atoms with E-state index < -0.39 is 5.41 Å². The molecule has 238 valence electrons. The molecule has 3 aliphatic carbocycles. The molecule has 0 amide bonds. The average molecular weight is 648 g/mol. The van der Waals surface area contributed by atoms with Crippen molar-refractivity contribution >= 4 is 11.4 Å². The van der Waals surface area contributed by atoms with Crippen LogP contribution in [0.2, 0.25) is 0 Å². The molecule has 0 aromatic heterocycles. The first kappa shape index (κ1) is 28.4. The van der Waals surface area contributed by atoms with Crippen molar-refractivity contribution in [2.45, 2.75) is 10.8 Å². The zero-order valence-electron chi connectivity index (χ0n) is 28.0. The van der Waals surface area contributed by atoms with Crippen LogP contribution in [-0.2, 0) is 10.8 Å². The number of benzene rings is 8. The Morgan fingerprint density at radius 1 is 0.255 bits per heavy atom. The lowest BCUT2D eigenvalue weighted by molar-refractivity contribution is 0.769. The number of hydrogen-bond acceptors (Lipinski definition) is 1. The highest BCUT2D eigenvalue weighted by atomic mass is 14.9. The molecule has 3 aliphatic rings. The van der Waals surface area contributed by atoms with Crippen molar-refractivity contribution in [3.05, 3.63) is 239 Å². The summed E-state index contributed by atoms with van der Waals surface area (Å²) in [6.07, 6.45) is 0. The minimum Gasteiger partial charge on any atom is -0.356 e. The van der Waals surface area contributed by atoms with Gasteiger partial charge in [-0.2, -0.15) is 0 Å². The molecule has 0 atom stereocenters. The Morgan fingerprint density at radius 3 is 1.16 bits per heavy atom. The van der Waals surface area contributed by atoms with E-state index in [-0.39, 0.29) is 5.41 Å². The van der Waals surface area contributed by atoms with Gasteiger partial charge in [-0.15, -0.1) is 0 Å². The maximum atomic E-state index is 3.90. The molecule has 0 heterocycles. The van der Waals surface area contributed by atoms with Crippen LogP contribution < -0.4 is 5.32 Å². The molecule has 51 heavy (non-hydrogen) atoms. The van der Waals surface area contributed by atoms with Crippen molar-refractivity contribution < 1.29 is 0 Å². The Bertz CT molecular complexity index is 2570. The van der Waals surface area contributed by atoms with Gasteiger partial charge in [-0.05, 0) is 102 Å². The van der Waals surface area contributed by atoms with Gasteiger partial charge >= 0.3 is 0 Å². The lowest BCUT2D eigenvalue weighted by Gasteiger charge is -2.34. The van der Waals surface area contributed by atoms with E-state index in [9.17, 15) is 0 Å². The van der Waals surface area contributed by atoms with E-state index in [1.165, 1.54) is 77.9 Å². The number of nitrogens with one attached hydrogen (secondary N) is 1. The smallest absolute Gasteiger partial charge is 0.0726 e. The van der Waals surface area contributed by atoms with Gasteiger partial charge in [-0.1, -0.05) is 170 Å². The molecule has 0 fully saturated rings. The fourth-order valence-electron chi connectivity index (χ4n) is 9.88. The highest BCUT2D eigenvalue weighted by Gasteiger charge is 2.51. The molecule has 1 nitrogen and oxygen atoms in total. The molecule has 0 saturated carbocycles. The molecule has 0 saturated heterocycles. The molecule has 0 bridgehead atoms. The maximum absolute atomic E-state index is 3.90. The van der Waals surface area contributed by atoms with Gasteiger partial charge in [-0.3, -0.25) is 0 Å². The second-order valence-corrected chi connectivity index (χ2v) is 14.1. The lowest BCUT2D eigenvalue weighted by Crippen LogP contribution is -2.28. The quantitative estimate of drug-likeness (QED) is 0.200. The van der Waals surface area contributed by atoms with E-state index in [0.29, 0.717) is 0 Å². The van der Waals surface area contributed by atoms with Crippen LogP contribution in [0.25, 0.3) is 33.4 Å². The first-order valence-corrected chi connectivity index (χ1v) is 17.9. The van der Waals surface area contributed by atoms with Gasteiger partial charge in [0, 0.05) is 11.4 Å². The minimum atomic E-state index is -0.437. The van der Waals surface area contributed by atoms with Gasteiger partial charge < -0.3 is 5.32 Å². The summed E-state index contributed by atoms with van der Waals surface area (Å²) in [5.41, 5.74) is 19.8. The van der Waals surface area contributed by atoms with Crippen LogP contribution in [0.1, 0.15) is 44.5 Å². The maximum Gasteiger partial charge on any atom is 0.0726 e. The zero-order valence-corrected chi connectivity index (χ0v) is 28.0. The van der Waals surface area contributed by atoms with E-state index >= 15 is 0 Å². The molecule has 8 aromatic carbocycles. The predicted molar refractivity (Wildman–Crippen MR) is 210 cm³/mol. The van der Waals surface area contributed by atoms with Gasteiger partial charge in [0.1, 0.15) is 0 Å². The van der Waals surface area contributed by atoms with Crippen LogP contribution in [0.4, 0.5) is 11.4 Å². The summed E-state index contributed by atoms with van der Waals surface area (Å²) in [6.45, 7) is 0. The SMILES string of the molecule is c1ccc(C2(c3cccc(Nc4ccc5c(c4)C4(c6ccccc6-c6ccccc64)c4ccccc4-5)c3)c3ccccc3-c3ccccc32)cc1. The number of rotatable bonds is 4. The Kier molecular flexibility index (Phi) is 5.86. The third-order valence-corrected chi connectivity index (χ3v) is 11.7. The van der Waals surface area contributed by atoms with Crippen molar-refractivity contribution in [2.24, 2.45) is 0 Å². The van der Waals surface area contributed by atoms with Crippen LogP contribution in [0, 0.1) is 0 Å². The highest BCUT2D eigenvalue weighted by molar-refractivity contribution is 5.96. The van der Waals surface area contributed by atoms with Gasteiger partial charge in [0.2, 0.25) is 0 Å². The van der Waals surface area contributed by atoms with Crippen molar-refractivity contribution in [3.63, 3.8) is 0 Å². The first-order chi connectivity index (χ1) is 25.3. The normalized spacial score (nSPS) is 14.6. The van der Waals surface area contributed by atoms with Crippen molar-refractivity contribution in [3.8, 4) is 33.4 Å². The van der Waals surface area contributed by atoms with E-state index in [4.69, 9.17) is 0 Å². The molecule has 0 radical (unpaired) electrons. The Labute approximate surface area is 298 Å². The molecular formula is C50H33N. The van der Waals surface area contributed by atoms with E-state index in [0.717, 1.165) is 11.4 Å². The van der Waals surface area contributed by atoms with Gasteiger partial charge in [0.15, 0.2) is 0 Å². The predicted octanol–water partition coefficient (Wildman–Crippen LogP) is 12.1. The summed E-state index contributed by atoms with van der Waals surface area (Å²) in [5, 5.41) is 3.90. The van der Waals surface area contributed by atoms with Crippen LogP contribution in [0.3, 0.4) is 0 Å². The lowest BCUT2D eigenvalue weighted by atomic mass is 9.67. The number of hydrogen-bond donors (Lipinski definition) is 1. The van der Waals surface area contributed by atoms with Crippen LogP contribution >= 0.6 is 0 Å². The summed E-state index contributed by atoms with van der Waals surface area (Å²) < 4.78 is 0. The second kappa shape index (κ2) is 10.5. The van der Waals surface area contributed by atoms with Crippen LogP contribution in [0.5, 0.6) is 0 Å². The third kappa shape index (κ3) is 3.65. The minimum absolute atomic E-state index is 0.368. The standard InChI is InChI=1S/C50H33N/c1-2-15-33(16-3-1)49(43-24-9-4-19-37(43)38-20-5-10-25-44(38)49)34-17-14-18-35(31-34)51-36-29-30-42-41-23-8-13-28-47(41)50(48(42)32-36)45-26-11-6-21-39(45)40-22-7-12-27-46(40)50/h1-32,51H. The van der Waals surface area contributed by atoms with Crippen LogP contribution in [-0.4, -0.2) is 0 Å². The number of anilines is 2. The third-order valence-electron chi connectivity index (χ3n) is 11.7. The molecular weight excluding hydrogens is 615 g/mol. The van der Waals surface area contributed by atoms with Crippen LogP contribution in [0.15, 0.2) is 194 Å². The van der Waals surface area contributed by atoms with Crippen molar-refractivity contribution in [1.29, 1.82) is 0 Å². The summed E-state index contributed by atoms with van der Waals surface area (Å²) in [6, 6.07) is 72.0. The molecule has 8 aromatic rings. The Hall–Kier alpha value is -6.44. The fraction of sp³-hybridized carbons (Fsp3) is 0.0400. The molecule has 0 unspecified atom stereocenters. The number of fused-ring (bicyclic) bond motifs is 13. The zero-order chi connectivity index (χ0) is 33.6. The van der Waals surface area contributed by atoms with Crippen molar-refractivity contribution in [1.82, 2.24) is 0 Å². The highest BCUT2D eigenvalue weighted by Crippen LogP contribution is 2.63. The van der Waals surface area contributed by atoms with Crippen molar-refractivity contribution in [2.75, 3.05) is 5.32 Å². The summed E-state index contributed by atoms with van der Waals surface area (Å²) in [4.78, 5) is 0. The van der Waals surface area contributed by atoms with E-state index in [1.54, 1.807) is 0 Å². The monoisotopic (exact) mass is 647 g/mol. The topological polar surface area (TPSA) is 12.0 Å². The fourth-order valence-corrected chi connectivity index (χ4v) is 9.88.